The maximum atomic E-state index is 12.0. The first-order valence-electron chi connectivity index (χ1n) is 11.5. The Balaban J connectivity index is 1.53. The Labute approximate surface area is 178 Å². The number of hydrogen-bond donors (Lipinski definition) is 3. The molecule has 7 heteroatoms. The Bertz CT molecular complexity index is 831. The van der Waals surface area contributed by atoms with Crippen molar-refractivity contribution in [2.45, 2.75) is 88.4 Å². The number of aliphatic hydroxyl groups is 2. The molecule has 4 N–H and O–H groups in total. The van der Waals surface area contributed by atoms with Crippen molar-refractivity contribution < 1.29 is 15.0 Å². The van der Waals surface area contributed by atoms with Gasteiger partial charge in [0.25, 0.3) is 5.91 Å². The van der Waals surface area contributed by atoms with E-state index in [0.717, 1.165) is 57.1 Å². The topological polar surface area (TPSA) is 113 Å². The molecular weight excluding hydrogens is 380 g/mol. The van der Waals surface area contributed by atoms with E-state index >= 15 is 0 Å². The molecule has 4 bridgehead atoms. The van der Waals surface area contributed by atoms with Crippen molar-refractivity contribution in [3.05, 3.63) is 17.5 Å². The highest BCUT2D eigenvalue weighted by molar-refractivity contribution is 5.93. The van der Waals surface area contributed by atoms with Gasteiger partial charge in [-0.25, -0.2) is 9.97 Å². The Morgan fingerprint density at radius 3 is 2.43 bits per heavy atom. The fraction of sp³-hybridized carbons (Fsp3) is 0.783. The molecule has 1 aromatic heterocycles. The van der Waals surface area contributed by atoms with E-state index in [1.165, 1.54) is 0 Å². The molecule has 5 fully saturated rings. The Kier molecular flexibility index (Phi) is 4.64. The van der Waals surface area contributed by atoms with Crippen LogP contribution in [0.5, 0.6) is 0 Å². The van der Waals surface area contributed by atoms with E-state index in [1.807, 2.05) is 13.8 Å². The number of aromatic nitrogens is 2. The number of nitrogens with two attached hydrogens (primary N) is 1. The average molecular weight is 415 g/mol. The van der Waals surface area contributed by atoms with Crippen molar-refractivity contribution in [2.24, 2.45) is 23.5 Å². The van der Waals surface area contributed by atoms with Crippen molar-refractivity contribution in [2.75, 3.05) is 11.4 Å². The molecule has 164 valence electrons. The number of carbonyl (C=O) groups excluding carboxylic acids is 1. The number of nitrogens with zero attached hydrogens (tertiary/aromatic N) is 3. The normalized spacial score (nSPS) is 35.3. The summed E-state index contributed by atoms with van der Waals surface area (Å²) in [6, 6.07) is 0.210. The molecule has 7 nitrogen and oxygen atoms in total. The maximum absolute atomic E-state index is 12.0. The number of rotatable bonds is 6. The maximum Gasteiger partial charge on any atom is 0.252 e. The van der Waals surface area contributed by atoms with Gasteiger partial charge in [0.1, 0.15) is 0 Å². The van der Waals surface area contributed by atoms with Gasteiger partial charge in [0.05, 0.1) is 22.5 Å². The van der Waals surface area contributed by atoms with Crippen molar-refractivity contribution >= 4 is 11.9 Å². The molecule has 5 saturated carbocycles. The zero-order chi connectivity index (χ0) is 21.3. The summed E-state index contributed by atoms with van der Waals surface area (Å²) in [4.78, 5) is 23.6. The highest BCUT2D eigenvalue weighted by Gasteiger charge is 2.56. The molecule has 0 saturated heterocycles. The number of primary amides is 1. The summed E-state index contributed by atoms with van der Waals surface area (Å²) in [7, 11) is 0. The third-order valence-electron chi connectivity index (χ3n) is 7.93. The minimum atomic E-state index is -0.909. The van der Waals surface area contributed by atoms with Crippen LogP contribution in [0.2, 0.25) is 0 Å². The van der Waals surface area contributed by atoms with Crippen LogP contribution < -0.4 is 10.6 Å². The van der Waals surface area contributed by atoms with E-state index in [4.69, 9.17) is 10.7 Å². The fourth-order valence-electron chi connectivity index (χ4n) is 6.90. The monoisotopic (exact) mass is 414 g/mol. The Morgan fingerprint density at radius 2 is 1.93 bits per heavy atom. The summed E-state index contributed by atoms with van der Waals surface area (Å²) in [6.45, 7) is 4.05. The van der Waals surface area contributed by atoms with Crippen molar-refractivity contribution in [1.29, 1.82) is 0 Å². The second-order valence-corrected chi connectivity index (χ2v) is 11.1. The molecule has 1 amide bonds. The smallest absolute Gasteiger partial charge is 0.252 e. The highest BCUT2D eigenvalue weighted by atomic mass is 16.3. The SMILES string of the molecule is CC(C)(O)CN(c1ncc(C(N)=O)c(C2CCC2)n1)C1C2CC3CC1CC(O)(C3)C2. The molecule has 0 spiro atoms. The minimum absolute atomic E-state index is 0.210. The third kappa shape index (κ3) is 3.50. The Hall–Kier alpha value is -1.73. The van der Waals surface area contributed by atoms with Gasteiger partial charge in [-0.1, -0.05) is 6.42 Å². The first kappa shape index (κ1) is 20.2. The van der Waals surface area contributed by atoms with Crippen LogP contribution in [0.15, 0.2) is 6.20 Å². The average Bonchev–Trinajstić information content (AvgIpc) is 2.56. The van der Waals surface area contributed by atoms with Crippen molar-refractivity contribution in [3.63, 3.8) is 0 Å². The van der Waals surface area contributed by atoms with Gasteiger partial charge in [-0.2, -0.15) is 0 Å². The minimum Gasteiger partial charge on any atom is -0.390 e. The van der Waals surface area contributed by atoms with Crippen LogP contribution in [0.4, 0.5) is 5.95 Å². The summed E-state index contributed by atoms with van der Waals surface area (Å²) >= 11 is 0. The molecule has 1 aromatic rings. The number of carbonyl (C=O) groups is 1. The molecule has 2 atom stereocenters. The molecular formula is C23H34N4O3. The molecule has 5 aliphatic rings. The van der Waals surface area contributed by atoms with Gasteiger partial charge >= 0.3 is 0 Å². The van der Waals surface area contributed by atoms with Crippen LogP contribution >= 0.6 is 0 Å². The summed E-state index contributed by atoms with van der Waals surface area (Å²) in [5.74, 6) is 1.75. The van der Waals surface area contributed by atoms with E-state index in [-0.39, 0.29) is 12.0 Å². The standard InChI is InChI=1S/C23H34N4O3/c1-22(2,29)12-27(19-15-6-13-7-16(19)10-23(30,8-13)9-15)21-25-11-17(20(24)28)18(26-21)14-4-3-5-14/h11,13-16,19,29-30H,3-10,12H2,1-2H3,(H2,24,28). The van der Waals surface area contributed by atoms with Gasteiger partial charge in [-0.15, -0.1) is 0 Å². The van der Waals surface area contributed by atoms with Gasteiger partial charge in [0.2, 0.25) is 5.95 Å². The first-order chi connectivity index (χ1) is 14.1. The van der Waals surface area contributed by atoms with E-state index in [2.05, 4.69) is 9.88 Å². The number of hydrogen-bond acceptors (Lipinski definition) is 6. The van der Waals surface area contributed by atoms with E-state index in [9.17, 15) is 15.0 Å². The second-order valence-electron chi connectivity index (χ2n) is 11.1. The largest absolute Gasteiger partial charge is 0.390 e. The third-order valence-corrected chi connectivity index (χ3v) is 7.93. The predicted octanol–water partition coefficient (Wildman–Crippen LogP) is 2.36. The molecule has 2 unspecified atom stereocenters. The van der Waals surface area contributed by atoms with Crippen LogP contribution in [0.1, 0.15) is 87.2 Å². The molecule has 0 aliphatic heterocycles. The van der Waals surface area contributed by atoms with Crippen LogP contribution in [0, 0.1) is 17.8 Å². The predicted molar refractivity (Wildman–Crippen MR) is 113 cm³/mol. The zero-order valence-corrected chi connectivity index (χ0v) is 18.0. The molecule has 6 rings (SSSR count). The van der Waals surface area contributed by atoms with Gasteiger partial charge in [0, 0.05) is 24.7 Å². The van der Waals surface area contributed by atoms with Crippen LogP contribution in [0.25, 0.3) is 0 Å². The van der Waals surface area contributed by atoms with Crippen LogP contribution in [0.3, 0.4) is 0 Å². The summed E-state index contributed by atoms with van der Waals surface area (Å²) in [5, 5.41) is 21.7. The fourth-order valence-corrected chi connectivity index (χ4v) is 6.90. The van der Waals surface area contributed by atoms with Gasteiger partial charge in [-0.05, 0) is 76.5 Å². The van der Waals surface area contributed by atoms with Gasteiger partial charge in [-0.3, -0.25) is 4.79 Å². The zero-order valence-electron chi connectivity index (χ0n) is 18.0. The lowest BCUT2D eigenvalue weighted by molar-refractivity contribution is -0.135. The second kappa shape index (κ2) is 6.89. The summed E-state index contributed by atoms with van der Waals surface area (Å²) in [5.41, 5.74) is 5.38. The van der Waals surface area contributed by atoms with Crippen LogP contribution in [-0.4, -0.2) is 49.9 Å². The van der Waals surface area contributed by atoms with Crippen LogP contribution in [-0.2, 0) is 0 Å². The van der Waals surface area contributed by atoms with Gasteiger partial charge in [0.15, 0.2) is 0 Å². The lowest BCUT2D eigenvalue weighted by Crippen LogP contribution is -2.63. The summed E-state index contributed by atoms with van der Waals surface area (Å²) < 4.78 is 0. The highest BCUT2D eigenvalue weighted by Crippen LogP contribution is 2.57. The molecule has 0 radical (unpaired) electrons. The van der Waals surface area contributed by atoms with E-state index in [1.54, 1.807) is 6.20 Å². The molecule has 1 heterocycles. The first-order valence-corrected chi connectivity index (χ1v) is 11.5. The van der Waals surface area contributed by atoms with Gasteiger partial charge < -0.3 is 20.8 Å². The lowest BCUT2D eigenvalue weighted by atomic mass is 9.52. The van der Waals surface area contributed by atoms with E-state index < -0.39 is 17.1 Å². The van der Waals surface area contributed by atoms with E-state index in [0.29, 0.717) is 35.8 Å². The summed E-state index contributed by atoms with van der Waals surface area (Å²) in [6.07, 6.45) is 9.60. The van der Waals surface area contributed by atoms with Crippen molar-refractivity contribution in [1.82, 2.24) is 9.97 Å². The molecule has 30 heavy (non-hydrogen) atoms. The quantitative estimate of drug-likeness (QED) is 0.659. The van der Waals surface area contributed by atoms with Crippen molar-refractivity contribution in [3.8, 4) is 0 Å². The molecule has 5 aliphatic carbocycles. The lowest BCUT2D eigenvalue weighted by Gasteiger charge is -2.60. The Morgan fingerprint density at radius 1 is 1.27 bits per heavy atom. The number of amides is 1. The molecule has 0 aromatic carbocycles. The number of anilines is 1.